The van der Waals surface area contributed by atoms with E-state index >= 15 is 0 Å². The number of aromatic carboxylic acids is 1. The van der Waals surface area contributed by atoms with Gasteiger partial charge in [-0.1, -0.05) is 6.07 Å². The molecule has 0 radical (unpaired) electrons. The van der Waals surface area contributed by atoms with Gasteiger partial charge in [-0.2, -0.15) is 0 Å². The van der Waals surface area contributed by atoms with Crippen LogP contribution in [-0.2, 0) is 0 Å². The second-order valence-electron chi connectivity index (χ2n) is 8.71. The second kappa shape index (κ2) is 9.47. The number of nitrogens with zero attached hydrogens (tertiary/aromatic N) is 3. The molecule has 0 aliphatic carbocycles. The zero-order chi connectivity index (χ0) is 25.4. The quantitative estimate of drug-likeness (QED) is 0.346. The minimum atomic E-state index is -0.943. The van der Waals surface area contributed by atoms with Crippen molar-refractivity contribution in [1.82, 2.24) is 14.9 Å². The van der Waals surface area contributed by atoms with Crippen LogP contribution in [0.1, 0.15) is 45.1 Å². The van der Waals surface area contributed by atoms with E-state index in [9.17, 15) is 9.90 Å². The SMILES string of the molecule is COc1ccc(N2C(=S)N[C@@H](c3ccccn3)[C@@H]2c2cc(C)n(-c3ccc(C(=O)O)cc3)c2C)cc1. The maximum atomic E-state index is 11.3. The Morgan fingerprint density at radius 2 is 1.72 bits per heavy atom. The van der Waals surface area contributed by atoms with Crippen molar-refractivity contribution in [2.75, 3.05) is 12.0 Å². The van der Waals surface area contributed by atoms with E-state index in [1.54, 1.807) is 25.4 Å². The highest BCUT2D eigenvalue weighted by Gasteiger charge is 2.42. The third-order valence-electron chi connectivity index (χ3n) is 6.61. The predicted octanol–water partition coefficient (Wildman–Crippen LogP) is 5.37. The Hall–Kier alpha value is -4.17. The number of thiocarbonyl (C=S) groups is 1. The molecule has 2 N–H and O–H groups in total. The smallest absolute Gasteiger partial charge is 0.335 e. The standard InChI is InChI=1S/C28H26N4O3S/c1-17-16-23(18(2)31(17)20-9-7-19(8-10-20)27(33)34)26-25(24-6-4-5-15-29-24)30-28(36)32(26)21-11-13-22(35-3)14-12-21/h4-16,25-26H,1-3H3,(H,30,36)(H,33,34)/t25-,26-/m0/s1. The summed E-state index contributed by atoms with van der Waals surface area (Å²) in [5, 5.41) is 13.4. The number of methoxy groups -OCH3 is 1. The minimum absolute atomic E-state index is 0.154. The van der Waals surface area contributed by atoms with Crippen LogP contribution in [0, 0.1) is 13.8 Å². The summed E-state index contributed by atoms with van der Waals surface area (Å²) in [7, 11) is 1.65. The number of rotatable bonds is 6. The zero-order valence-electron chi connectivity index (χ0n) is 20.2. The summed E-state index contributed by atoms with van der Waals surface area (Å²) >= 11 is 5.85. The Kier molecular flexibility index (Phi) is 6.20. The fourth-order valence-corrected chi connectivity index (χ4v) is 5.28. The Bertz CT molecular complexity index is 1420. The topological polar surface area (TPSA) is 79.6 Å². The van der Waals surface area contributed by atoms with Crippen LogP contribution in [0.15, 0.2) is 79.0 Å². The molecule has 36 heavy (non-hydrogen) atoms. The number of aromatic nitrogens is 2. The van der Waals surface area contributed by atoms with E-state index in [0.29, 0.717) is 5.11 Å². The summed E-state index contributed by atoms with van der Waals surface area (Å²) in [6.07, 6.45) is 1.79. The number of ether oxygens (including phenoxy) is 1. The highest BCUT2D eigenvalue weighted by molar-refractivity contribution is 7.80. The third-order valence-corrected chi connectivity index (χ3v) is 6.92. The molecule has 0 spiro atoms. The van der Waals surface area contributed by atoms with E-state index in [2.05, 4.69) is 39.7 Å². The van der Waals surface area contributed by atoms with Crippen molar-refractivity contribution in [3.8, 4) is 11.4 Å². The average molecular weight is 499 g/mol. The number of carbonyl (C=O) groups is 1. The van der Waals surface area contributed by atoms with Crippen molar-refractivity contribution in [3.63, 3.8) is 0 Å². The van der Waals surface area contributed by atoms with Crippen molar-refractivity contribution in [3.05, 3.63) is 107 Å². The highest BCUT2D eigenvalue weighted by atomic mass is 32.1. The molecule has 1 aliphatic heterocycles. The molecule has 182 valence electrons. The van der Waals surface area contributed by atoms with E-state index < -0.39 is 5.97 Å². The van der Waals surface area contributed by atoms with Gasteiger partial charge >= 0.3 is 5.97 Å². The fraction of sp³-hybridized carbons (Fsp3) is 0.179. The van der Waals surface area contributed by atoms with E-state index in [0.717, 1.165) is 39.8 Å². The van der Waals surface area contributed by atoms with Crippen LogP contribution in [-0.4, -0.2) is 32.8 Å². The van der Waals surface area contributed by atoms with Crippen molar-refractivity contribution >= 4 is 29.0 Å². The summed E-state index contributed by atoms with van der Waals surface area (Å²) in [5.41, 5.74) is 6.20. The molecule has 0 saturated carbocycles. The van der Waals surface area contributed by atoms with Gasteiger partial charge in [0.2, 0.25) is 0 Å². The van der Waals surface area contributed by atoms with Crippen LogP contribution >= 0.6 is 12.2 Å². The van der Waals surface area contributed by atoms with Gasteiger partial charge < -0.3 is 24.6 Å². The van der Waals surface area contributed by atoms with E-state index in [1.165, 1.54) is 0 Å². The van der Waals surface area contributed by atoms with Gasteiger partial charge in [0.15, 0.2) is 5.11 Å². The monoisotopic (exact) mass is 498 g/mol. The van der Waals surface area contributed by atoms with E-state index in [-0.39, 0.29) is 17.6 Å². The van der Waals surface area contributed by atoms with Gasteiger partial charge in [-0.3, -0.25) is 4.98 Å². The molecule has 0 amide bonds. The zero-order valence-corrected chi connectivity index (χ0v) is 21.0. The molecule has 2 aromatic heterocycles. The number of benzene rings is 2. The van der Waals surface area contributed by atoms with Crippen LogP contribution in [0.25, 0.3) is 5.69 Å². The van der Waals surface area contributed by atoms with Crippen molar-refractivity contribution in [2.24, 2.45) is 0 Å². The highest BCUT2D eigenvalue weighted by Crippen LogP contribution is 2.44. The molecule has 8 heteroatoms. The Labute approximate surface area is 215 Å². The van der Waals surface area contributed by atoms with E-state index in [1.807, 2.05) is 54.6 Å². The predicted molar refractivity (Wildman–Crippen MR) is 143 cm³/mol. The third kappa shape index (κ3) is 4.09. The lowest BCUT2D eigenvalue weighted by Crippen LogP contribution is -2.29. The molecule has 2 aromatic carbocycles. The molecule has 5 rings (SSSR count). The molecule has 1 fully saturated rings. The molecular formula is C28H26N4O3S. The summed E-state index contributed by atoms with van der Waals surface area (Å²) in [6, 6.07) is 22.5. The number of pyridine rings is 1. The molecule has 1 saturated heterocycles. The van der Waals surface area contributed by atoms with Gasteiger partial charge in [-0.25, -0.2) is 4.79 Å². The minimum Gasteiger partial charge on any atom is -0.497 e. The van der Waals surface area contributed by atoms with Gasteiger partial charge in [-0.05, 0) is 98.4 Å². The largest absolute Gasteiger partial charge is 0.497 e. The first kappa shape index (κ1) is 23.6. The van der Waals surface area contributed by atoms with Crippen LogP contribution in [0.3, 0.4) is 0 Å². The van der Waals surface area contributed by atoms with Gasteiger partial charge in [-0.15, -0.1) is 0 Å². The first-order chi connectivity index (χ1) is 17.4. The van der Waals surface area contributed by atoms with E-state index in [4.69, 9.17) is 17.0 Å². The Morgan fingerprint density at radius 1 is 1.03 bits per heavy atom. The van der Waals surface area contributed by atoms with Crippen LogP contribution < -0.4 is 15.0 Å². The van der Waals surface area contributed by atoms with Crippen molar-refractivity contribution in [2.45, 2.75) is 25.9 Å². The maximum absolute atomic E-state index is 11.3. The molecule has 4 aromatic rings. The summed E-state index contributed by atoms with van der Waals surface area (Å²) < 4.78 is 7.50. The molecule has 3 heterocycles. The molecular weight excluding hydrogens is 472 g/mol. The van der Waals surface area contributed by atoms with Crippen molar-refractivity contribution < 1.29 is 14.6 Å². The number of hydrogen-bond acceptors (Lipinski definition) is 4. The van der Waals surface area contributed by atoms with Gasteiger partial charge in [0.1, 0.15) is 5.75 Å². The fourth-order valence-electron chi connectivity index (χ4n) is 4.93. The normalized spacial score (nSPS) is 17.2. The number of hydrogen-bond donors (Lipinski definition) is 2. The second-order valence-corrected chi connectivity index (χ2v) is 9.10. The first-order valence-corrected chi connectivity index (χ1v) is 12.0. The first-order valence-electron chi connectivity index (χ1n) is 11.6. The molecule has 2 atom stereocenters. The Balaban J connectivity index is 1.64. The van der Waals surface area contributed by atoms with Crippen LogP contribution in [0.2, 0.25) is 0 Å². The lowest BCUT2D eigenvalue weighted by molar-refractivity contribution is 0.0697. The number of anilines is 1. The summed E-state index contributed by atoms with van der Waals surface area (Å²) in [5.74, 6) is -0.167. The number of nitrogens with one attached hydrogen (secondary N) is 1. The molecule has 0 bridgehead atoms. The number of aryl methyl sites for hydroxylation is 1. The Morgan fingerprint density at radius 3 is 2.33 bits per heavy atom. The van der Waals surface area contributed by atoms with Crippen LogP contribution in [0.5, 0.6) is 5.75 Å². The van der Waals surface area contributed by atoms with Crippen LogP contribution in [0.4, 0.5) is 5.69 Å². The molecule has 1 aliphatic rings. The summed E-state index contributed by atoms with van der Waals surface area (Å²) in [4.78, 5) is 18.1. The van der Waals surface area contributed by atoms with Gasteiger partial charge in [0.05, 0.1) is 30.5 Å². The maximum Gasteiger partial charge on any atom is 0.335 e. The average Bonchev–Trinajstić information content (AvgIpc) is 3.39. The molecule has 7 nitrogen and oxygen atoms in total. The lowest BCUT2D eigenvalue weighted by Gasteiger charge is -2.28. The summed E-state index contributed by atoms with van der Waals surface area (Å²) in [6.45, 7) is 4.13. The lowest BCUT2D eigenvalue weighted by atomic mass is 9.96. The number of carboxylic acids is 1. The molecule has 0 unspecified atom stereocenters. The van der Waals surface area contributed by atoms with Gasteiger partial charge in [0.25, 0.3) is 0 Å². The van der Waals surface area contributed by atoms with Crippen molar-refractivity contribution in [1.29, 1.82) is 0 Å². The number of carboxylic acid groups (broad SMARTS) is 1. The van der Waals surface area contributed by atoms with Gasteiger partial charge in [0, 0.05) is 29.0 Å².